The number of nitrogens with two attached hydrogens (primary N) is 1. The minimum atomic E-state index is -1.55. The number of nitrogens with one attached hydrogen (secondary N) is 4. The summed E-state index contributed by atoms with van der Waals surface area (Å²) in [5.74, 6) is -1.07. The van der Waals surface area contributed by atoms with Gasteiger partial charge in [-0.2, -0.15) is 10.2 Å². The van der Waals surface area contributed by atoms with E-state index < -0.39 is 46.6 Å². The van der Waals surface area contributed by atoms with Crippen LogP contribution in [-0.4, -0.2) is 78.2 Å². The Bertz CT molecular complexity index is 1350. The van der Waals surface area contributed by atoms with Crippen molar-refractivity contribution in [1.29, 1.82) is 0 Å². The number of halogens is 1. The molecule has 2 aromatic heterocycles. The zero-order chi connectivity index (χ0) is 29.5. The van der Waals surface area contributed by atoms with Crippen molar-refractivity contribution < 1.29 is 29.1 Å². The number of hydrogen-bond donors (Lipinski definition) is 6. The number of hydrogen-bond acceptors (Lipinski definition) is 8. The smallest absolute Gasteiger partial charge is 0.407 e. The summed E-state index contributed by atoms with van der Waals surface area (Å²) in [5, 5.41) is 27.4. The topological polar surface area (TPSA) is 219 Å². The van der Waals surface area contributed by atoms with Crippen LogP contribution in [0, 0.1) is 13.8 Å². The van der Waals surface area contributed by atoms with E-state index in [-0.39, 0.29) is 25.5 Å². The minimum absolute atomic E-state index is 0. The van der Waals surface area contributed by atoms with Gasteiger partial charge in [0, 0.05) is 38.6 Å². The lowest BCUT2D eigenvalue weighted by Crippen LogP contribution is -2.58. The van der Waals surface area contributed by atoms with Crippen LogP contribution in [0.1, 0.15) is 43.3 Å². The van der Waals surface area contributed by atoms with Crippen molar-refractivity contribution in [3.05, 3.63) is 34.9 Å². The third-order valence-corrected chi connectivity index (χ3v) is 6.46. The van der Waals surface area contributed by atoms with Crippen LogP contribution < -0.4 is 27.0 Å². The Kier molecular flexibility index (Phi) is 8.91. The SMILES string of the molecule is Cc1cn(C)nc1[C@@]1(CN(C(=O)O)C(C)(C)C)NC(=O)NC1=O.Cc1cn(C)nc1[C@@]1(CN)NC(=O)NC1=O.Cl. The molecule has 220 valence electrons. The molecule has 2 aliphatic heterocycles. The summed E-state index contributed by atoms with van der Waals surface area (Å²) in [4.78, 5) is 59.9. The standard InChI is InChI=1S/C14H21N5O4.C9H13N5O2.ClH/c1-8-6-18(5)17-9(8)14(10(20)15-11(21)16-14)7-19(12(22)23)13(2,3)4;1-5-3-14(2)13-6(5)9(4-10)7(15)11-8(16)12-9;/h6H,7H2,1-5H3,(H,22,23)(H2,15,16,20,21);3H,4,10H2,1-2H3,(H2,11,12,15,16);1H/t14-;9-;/m11./s1. The Morgan fingerprint density at radius 1 is 0.925 bits per heavy atom. The molecule has 0 saturated carbocycles. The molecule has 40 heavy (non-hydrogen) atoms. The molecule has 0 aliphatic carbocycles. The number of carbonyl (C=O) groups excluding carboxylic acids is 4. The van der Waals surface area contributed by atoms with E-state index in [1.165, 1.54) is 4.68 Å². The lowest BCUT2D eigenvalue weighted by molar-refractivity contribution is -0.125. The normalized spacial score (nSPS) is 21.9. The molecule has 0 bridgehead atoms. The maximum absolute atomic E-state index is 12.5. The number of imide groups is 2. The fraction of sp³-hybridized carbons (Fsp3) is 0.522. The zero-order valence-electron chi connectivity index (χ0n) is 23.3. The number of nitrogens with zero attached hydrogens (tertiary/aromatic N) is 5. The van der Waals surface area contributed by atoms with E-state index in [9.17, 15) is 29.1 Å². The molecule has 17 heteroatoms. The van der Waals surface area contributed by atoms with Crippen LogP contribution in [0.2, 0.25) is 0 Å². The van der Waals surface area contributed by atoms with Gasteiger partial charge in [0.1, 0.15) is 11.4 Å². The molecular weight excluding hydrogens is 548 g/mol. The molecule has 7 N–H and O–H groups in total. The fourth-order valence-corrected chi connectivity index (χ4v) is 4.63. The van der Waals surface area contributed by atoms with Crippen LogP contribution in [0.25, 0.3) is 0 Å². The molecule has 0 radical (unpaired) electrons. The van der Waals surface area contributed by atoms with Crippen LogP contribution in [0.5, 0.6) is 0 Å². The Morgan fingerprint density at radius 3 is 1.60 bits per heavy atom. The first-order chi connectivity index (χ1) is 18.0. The Hall–Kier alpha value is -4.18. The van der Waals surface area contributed by atoms with E-state index >= 15 is 0 Å². The predicted octanol–water partition coefficient (Wildman–Crippen LogP) is -0.315. The highest BCUT2D eigenvalue weighted by atomic mass is 35.5. The van der Waals surface area contributed by atoms with Crippen LogP contribution in [0.3, 0.4) is 0 Å². The van der Waals surface area contributed by atoms with Crippen LogP contribution in [-0.2, 0) is 34.8 Å². The van der Waals surface area contributed by atoms with E-state index in [4.69, 9.17) is 5.73 Å². The average molecular weight is 583 g/mol. The molecule has 2 atom stereocenters. The number of amides is 7. The lowest BCUT2D eigenvalue weighted by Gasteiger charge is -2.38. The largest absolute Gasteiger partial charge is 0.465 e. The van der Waals surface area contributed by atoms with E-state index in [1.54, 1.807) is 58.9 Å². The lowest BCUT2D eigenvalue weighted by atomic mass is 9.90. The van der Waals surface area contributed by atoms with E-state index in [2.05, 4.69) is 31.5 Å². The molecule has 2 saturated heterocycles. The molecule has 4 heterocycles. The third-order valence-electron chi connectivity index (χ3n) is 6.46. The Labute approximate surface area is 236 Å². The van der Waals surface area contributed by atoms with Gasteiger partial charge in [0.15, 0.2) is 11.1 Å². The Morgan fingerprint density at radius 2 is 1.32 bits per heavy atom. The van der Waals surface area contributed by atoms with Crippen molar-refractivity contribution in [3.63, 3.8) is 0 Å². The number of aryl methyl sites for hydroxylation is 4. The van der Waals surface area contributed by atoms with Gasteiger partial charge in [0.2, 0.25) is 0 Å². The summed E-state index contributed by atoms with van der Waals surface area (Å²) in [5.41, 5.74) is 4.38. The molecule has 16 nitrogen and oxygen atoms in total. The second kappa shape index (κ2) is 11.1. The fourth-order valence-electron chi connectivity index (χ4n) is 4.63. The zero-order valence-corrected chi connectivity index (χ0v) is 24.1. The van der Waals surface area contributed by atoms with E-state index in [0.717, 1.165) is 10.5 Å². The van der Waals surface area contributed by atoms with Crippen molar-refractivity contribution in [3.8, 4) is 0 Å². The van der Waals surface area contributed by atoms with Crippen molar-refractivity contribution in [2.75, 3.05) is 13.1 Å². The minimum Gasteiger partial charge on any atom is -0.465 e. The maximum Gasteiger partial charge on any atom is 0.407 e. The van der Waals surface area contributed by atoms with Crippen molar-refractivity contribution in [2.45, 2.75) is 51.2 Å². The quantitative estimate of drug-likeness (QED) is 0.254. The van der Waals surface area contributed by atoms with Gasteiger partial charge in [0.05, 0.1) is 6.54 Å². The van der Waals surface area contributed by atoms with Gasteiger partial charge < -0.3 is 26.4 Å². The van der Waals surface area contributed by atoms with Crippen LogP contribution in [0.15, 0.2) is 12.4 Å². The number of aromatic nitrogens is 4. The molecule has 2 aliphatic rings. The first-order valence-corrected chi connectivity index (χ1v) is 12.0. The third kappa shape index (κ3) is 5.72. The summed E-state index contributed by atoms with van der Waals surface area (Å²) in [6.07, 6.45) is 2.29. The average Bonchev–Trinajstić information content (AvgIpc) is 3.50. The summed E-state index contributed by atoms with van der Waals surface area (Å²) in [7, 11) is 3.44. The molecule has 2 fully saturated rings. The monoisotopic (exact) mass is 582 g/mol. The van der Waals surface area contributed by atoms with Crippen LogP contribution in [0.4, 0.5) is 14.4 Å². The summed E-state index contributed by atoms with van der Waals surface area (Å²) in [6.45, 7) is 8.46. The first-order valence-electron chi connectivity index (χ1n) is 12.0. The molecular formula is C23H35ClN10O6. The summed E-state index contributed by atoms with van der Waals surface area (Å²) in [6, 6.07) is -1.21. The molecule has 7 amide bonds. The van der Waals surface area contributed by atoms with Gasteiger partial charge in [-0.3, -0.25) is 29.6 Å². The molecule has 2 aromatic rings. The number of carbonyl (C=O) groups is 5. The van der Waals surface area contributed by atoms with Gasteiger partial charge in [-0.05, 0) is 45.7 Å². The van der Waals surface area contributed by atoms with Crippen molar-refractivity contribution in [1.82, 2.24) is 45.7 Å². The first kappa shape index (κ1) is 32.0. The molecule has 0 aromatic carbocycles. The highest BCUT2D eigenvalue weighted by molar-refractivity contribution is 6.08. The number of carboxylic acid groups (broad SMARTS) is 1. The Balaban J connectivity index is 0.000000290. The highest BCUT2D eigenvalue weighted by Crippen LogP contribution is 2.30. The number of rotatable bonds is 5. The highest BCUT2D eigenvalue weighted by Gasteiger charge is 2.53. The predicted molar refractivity (Wildman–Crippen MR) is 143 cm³/mol. The van der Waals surface area contributed by atoms with Crippen molar-refractivity contribution >= 4 is 42.4 Å². The van der Waals surface area contributed by atoms with Gasteiger partial charge in [-0.25, -0.2) is 14.4 Å². The van der Waals surface area contributed by atoms with Gasteiger partial charge in [0.25, 0.3) is 11.8 Å². The summed E-state index contributed by atoms with van der Waals surface area (Å²) >= 11 is 0. The number of urea groups is 2. The molecule has 0 spiro atoms. The van der Waals surface area contributed by atoms with E-state index in [1.807, 2.05) is 6.92 Å². The van der Waals surface area contributed by atoms with Gasteiger partial charge >= 0.3 is 18.2 Å². The summed E-state index contributed by atoms with van der Waals surface area (Å²) < 4.78 is 3.10. The second-order valence-corrected chi connectivity index (χ2v) is 10.5. The van der Waals surface area contributed by atoms with Crippen molar-refractivity contribution in [2.24, 2.45) is 19.8 Å². The van der Waals surface area contributed by atoms with Crippen LogP contribution >= 0.6 is 12.4 Å². The molecule has 0 unspecified atom stereocenters. The molecule has 4 rings (SSSR count). The van der Waals surface area contributed by atoms with Gasteiger partial charge in [-0.1, -0.05) is 0 Å². The maximum atomic E-state index is 12.5. The van der Waals surface area contributed by atoms with E-state index in [0.29, 0.717) is 17.0 Å². The van der Waals surface area contributed by atoms with Gasteiger partial charge in [-0.15, -0.1) is 12.4 Å². The second-order valence-electron chi connectivity index (χ2n) is 10.5.